The smallest absolute Gasteiger partial charge is 0.335 e. The van der Waals surface area contributed by atoms with Crippen molar-refractivity contribution in [1.82, 2.24) is 5.32 Å². The maximum Gasteiger partial charge on any atom is 0.335 e. The third-order valence-electron chi connectivity index (χ3n) is 5.55. The largest absolute Gasteiger partial charge is 0.496 e. The number of hydrogen-bond donors (Lipinski definition) is 1. The Morgan fingerprint density at radius 1 is 1.03 bits per heavy atom. The molecule has 9 heteroatoms. The third-order valence-corrected chi connectivity index (χ3v) is 7.03. The molecule has 1 heterocycles. The maximum absolute atomic E-state index is 13.2. The van der Waals surface area contributed by atoms with Crippen molar-refractivity contribution >= 4 is 68.7 Å². The number of carbonyl (C=O) groups is 3. The van der Waals surface area contributed by atoms with Gasteiger partial charge in [-0.1, -0.05) is 63.4 Å². The van der Waals surface area contributed by atoms with Crippen LogP contribution in [0.15, 0.2) is 64.6 Å². The van der Waals surface area contributed by atoms with E-state index < -0.39 is 17.8 Å². The normalized spacial score (nSPS) is 14.9. The minimum atomic E-state index is -0.842. The summed E-state index contributed by atoms with van der Waals surface area (Å²) in [6, 6.07) is 14.9. The van der Waals surface area contributed by atoms with Crippen LogP contribution in [0, 0.1) is 6.92 Å². The second-order valence-corrected chi connectivity index (χ2v) is 9.51. The molecular formula is C26H19BrCl2N2O4. The molecule has 0 saturated carbocycles. The van der Waals surface area contributed by atoms with Gasteiger partial charge in [-0.3, -0.25) is 14.9 Å². The molecule has 0 unspecified atom stereocenters. The highest BCUT2D eigenvalue weighted by Gasteiger charge is 2.37. The third kappa shape index (κ3) is 5.12. The van der Waals surface area contributed by atoms with Crippen LogP contribution in [-0.2, 0) is 16.0 Å². The van der Waals surface area contributed by atoms with Crippen LogP contribution in [0.5, 0.6) is 5.75 Å². The number of methoxy groups -OCH3 is 1. The van der Waals surface area contributed by atoms with Crippen molar-refractivity contribution in [2.45, 2.75) is 13.3 Å². The van der Waals surface area contributed by atoms with Gasteiger partial charge in [-0.2, -0.15) is 0 Å². The van der Waals surface area contributed by atoms with E-state index in [1.54, 1.807) is 31.2 Å². The zero-order valence-corrected chi connectivity index (χ0v) is 21.8. The second-order valence-electron chi connectivity index (χ2n) is 7.84. The van der Waals surface area contributed by atoms with E-state index in [1.165, 1.54) is 19.3 Å². The summed E-state index contributed by atoms with van der Waals surface area (Å²) < 4.78 is 6.30. The van der Waals surface area contributed by atoms with Crippen molar-refractivity contribution < 1.29 is 19.1 Å². The number of imide groups is 2. The zero-order valence-electron chi connectivity index (χ0n) is 18.7. The van der Waals surface area contributed by atoms with Gasteiger partial charge in [0.1, 0.15) is 11.3 Å². The highest BCUT2D eigenvalue weighted by molar-refractivity contribution is 9.10. The summed E-state index contributed by atoms with van der Waals surface area (Å²) in [4.78, 5) is 39.1. The number of carbonyl (C=O) groups excluding carboxylic acids is 3. The number of nitrogens with one attached hydrogen (secondary N) is 1. The Kier molecular flexibility index (Phi) is 7.31. The Labute approximate surface area is 220 Å². The average molecular weight is 574 g/mol. The van der Waals surface area contributed by atoms with Gasteiger partial charge in [0, 0.05) is 26.5 Å². The van der Waals surface area contributed by atoms with Gasteiger partial charge in [-0.15, -0.1) is 0 Å². The van der Waals surface area contributed by atoms with E-state index in [4.69, 9.17) is 27.9 Å². The number of amides is 4. The lowest BCUT2D eigenvalue weighted by molar-refractivity contribution is -0.122. The number of halogens is 3. The Balaban J connectivity index is 1.72. The van der Waals surface area contributed by atoms with E-state index in [1.807, 2.05) is 24.3 Å². The lowest BCUT2D eigenvalue weighted by atomic mass is 10.0. The van der Waals surface area contributed by atoms with E-state index in [0.717, 1.165) is 21.6 Å². The molecule has 0 spiro atoms. The number of nitrogens with zero attached hydrogens (tertiary/aromatic N) is 1. The molecule has 0 atom stereocenters. The fourth-order valence-corrected chi connectivity index (χ4v) is 4.66. The lowest BCUT2D eigenvalue weighted by Gasteiger charge is -2.26. The molecule has 1 aliphatic rings. The molecule has 1 N–H and O–H groups in total. The van der Waals surface area contributed by atoms with Crippen LogP contribution in [0.25, 0.3) is 6.08 Å². The molecule has 1 aliphatic heterocycles. The van der Waals surface area contributed by atoms with E-state index in [-0.39, 0.29) is 11.3 Å². The van der Waals surface area contributed by atoms with Crippen LogP contribution in [0.1, 0.15) is 22.3 Å². The molecule has 4 amide bonds. The number of ether oxygens (including phenoxy) is 1. The van der Waals surface area contributed by atoms with Gasteiger partial charge in [0.15, 0.2) is 0 Å². The predicted molar refractivity (Wildman–Crippen MR) is 140 cm³/mol. The summed E-state index contributed by atoms with van der Waals surface area (Å²) in [5.41, 5.74) is 3.16. The van der Waals surface area contributed by atoms with Gasteiger partial charge in [-0.05, 0) is 60.0 Å². The van der Waals surface area contributed by atoms with Gasteiger partial charge < -0.3 is 4.74 Å². The standard InChI is InChI=1S/C26H19BrCl2N2O4/c1-14-7-8-17(13-22(14)29)31-25(33)19(24(32)30-26(31)34)9-15-10-20(27)18(23(11-15)35-2)12-16-5-3-4-6-21(16)28/h3-11,13H,12H2,1-2H3,(H,30,32,34)/b19-9+. The number of hydrogen-bond acceptors (Lipinski definition) is 4. The Morgan fingerprint density at radius 2 is 1.77 bits per heavy atom. The van der Waals surface area contributed by atoms with Crippen LogP contribution >= 0.6 is 39.1 Å². The van der Waals surface area contributed by atoms with Crippen molar-refractivity contribution in [3.63, 3.8) is 0 Å². The van der Waals surface area contributed by atoms with Gasteiger partial charge in [0.2, 0.25) is 0 Å². The first-order valence-corrected chi connectivity index (χ1v) is 12.0. The molecule has 0 aliphatic carbocycles. The van der Waals surface area contributed by atoms with Crippen molar-refractivity contribution in [2.75, 3.05) is 12.0 Å². The molecule has 0 aromatic heterocycles. The van der Waals surface area contributed by atoms with Gasteiger partial charge in [0.05, 0.1) is 12.8 Å². The minimum Gasteiger partial charge on any atom is -0.496 e. The number of benzene rings is 3. The van der Waals surface area contributed by atoms with Crippen molar-refractivity contribution in [3.8, 4) is 5.75 Å². The highest BCUT2D eigenvalue weighted by atomic mass is 79.9. The van der Waals surface area contributed by atoms with Crippen LogP contribution in [0.3, 0.4) is 0 Å². The number of urea groups is 1. The Morgan fingerprint density at radius 3 is 2.46 bits per heavy atom. The molecule has 178 valence electrons. The van der Waals surface area contributed by atoms with E-state index in [9.17, 15) is 14.4 Å². The SMILES string of the molecule is COc1cc(/C=C2\C(=O)NC(=O)N(c3ccc(C)c(Cl)c3)C2=O)cc(Br)c1Cc1ccccc1Cl. The first-order chi connectivity index (χ1) is 16.7. The topological polar surface area (TPSA) is 75.7 Å². The second kappa shape index (κ2) is 10.2. The summed E-state index contributed by atoms with van der Waals surface area (Å²) in [7, 11) is 1.54. The number of rotatable bonds is 5. The highest BCUT2D eigenvalue weighted by Crippen LogP contribution is 2.34. The summed E-state index contributed by atoms with van der Waals surface area (Å²) in [5.74, 6) is -0.994. The van der Waals surface area contributed by atoms with Gasteiger partial charge >= 0.3 is 6.03 Å². The molecule has 6 nitrogen and oxygen atoms in total. The molecule has 0 radical (unpaired) electrons. The molecule has 4 rings (SSSR count). The molecule has 0 bridgehead atoms. The fourth-order valence-electron chi connectivity index (χ4n) is 3.68. The predicted octanol–water partition coefficient (Wildman–Crippen LogP) is 6.33. The Hall–Kier alpha value is -3.13. The van der Waals surface area contributed by atoms with Gasteiger partial charge in [-0.25, -0.2) is 9.69 Å². The molecule has 3 aromatic rings. The fraction of sp³-hybridized carbons (Fsp3) is 0.115. The number of aryl methyl sites for hydroxylation is 1. The molecule has 1 saturated heterocycles. The van der Waals surface area contributed by atoms with Crippen molar-refractivity contribution in [1.29, 1.82) is 0 Å². The monoisotopic (exact) mass is 572 g/mol. The van der Waals surface area contributed by atoms with E-state index in [0.29, 0.717) is 32.3 Å². The molecular weight excluding hydrogens is 555 g/mol. The Bertz CT molecular complexity index is 1400. The molecule has 35 heavy (non-hydrogen) atoms. The summed E-state index contributed by atoms with van der Waals surface area (Å²) >= 11 is 16.1. The van der Waals surface area contributed by atoms with E-state index >= 15 is 0 Å². The molecule has 1 fully saturated rings. The number of anilines is 1. The first kappa shape index (κ1) is 25.0. The lowest BCUT2D eigenvalue weighted by Crippen LogP contribution is -2.54. The van der Waals surface area contributed by atoms with Crippen LogP contribution in [0.4, 0.5) is 10.5 Å². The number of barbiturate groups is 1. The summed E-state index contributed by atoms with van der Waals surface area (Å²) in [5, 5.41) is 3.25. The van der Waals surface area contributed by atoms with Crippen LogP contribution < -0.4 is 15.0 Å². The van der Waals surface area contributed by atoms with Crippen LogP contribution in [-0.4, -0.2) is 25.0 Å². The van der Waals surface area contributed by atoms with Gasteiger partial charge in [0.25, 0.3) is 11.8 Å². The quantitative estimate of drug-likeness (QED) is 0.286. The zero-order chi connectivity index (χ0) is 25.3. The molecule has 3 aromatic carbocycles. The first-order valence-electron chi connectivity index (χ1n) is 10.5. The average Bonchev–Trinajstić information content (AvgIpc) is 2.81. The summed E-state index contributed by atoms with van der Waals surface area (Å²) in [6.45, 7) is 1.81. The maximum atomic E-state index is 13.2. The van der Waals surface area contributed by atoms with Crippen molar-refractivity contribution in [2.24, 2.45) is 0 Å². The minimum absolute atomic E-state index is 0.200. The van der Waals surface area contributed by atoms with Crippen molar-refractivity contribution in [3.05, 3.63) is 96.9 Å². The summed E-state index contributed by atoms with van der Waals surface area (Å²) in [6.07, 6.45) is 1.93. The van der Waals surface area contributed by atoms with E-state index in [2.05, 4.69) is 21.2 Å². The van der Waals surface area contributed by atoms with Crippen LogP contribution in [0.2, 0.25) is 10.0 Å².